The topological polar surface area (TPSA) is 129 Å². The molecular weight excluding hydrogens is 340 g/mol. The Morgan fingerprint density at radius 3 is 2.73 bits per heavy atom. The maximum Gasteiger partial charge on any atom is 0.322 e. The zero-order valence-corrected chi connectivity index (χ0v) is 14.3. The molecule has 26 heavy (non-hydrogen) atoms. The number of hydrogen-bond donors (Lipinski definition) is 1. The zero-order chi connectivity index (χ0) is 18.8. The molecule has 0 spiro atoms. The quantitative estimate of drug-likeness (QED) is 0.549. The van der Waals surface area contributed by atoms with Crippen molar-refractivity contribution in [3.63, 3.8) is 0 Å². The van der Waals surface area contributed by atoms with E-state index in [1.54, 1.807) is 16.9 Å². The molecule has 3 aromatic rings. The lowest BCUT2D eigenvalue weighted by atomic mass is 10.1. The summed E-state index contributed by atoms with van der Waals surface area (Å²) in [6.45, 7) is 5.47. The largest absolute Gasteiger partial charge is 0.401 e. The summed E-state index contributed by atoms with van der Waals surface area (Å²) in [7, 11) is 0. The van der Waals surface area contributed by atoms with Crippen LogP contribution in [0.1, 0.15) is 35.8 Å². The van der Waals surface area contributed by atoms with Gasteiger partial charge < -0.3 is 4.42 Å². The highest BCUT2D eigenvalue weighted by Gasteiger charge is 2.20. The van der Waals surface area contributed by atoms with Crippen molar-refractivity contribution in [1.29, 1.82) is 0 Å². The molecule has 134 valence electrons. The molecule has 0 saturated heterocycles. The molecule has 1 N–H and O–H groups in total. The van der Waals surface area contributed by atoms with Gasteiger partial charge in [-0.05, 0) is 32.9 Å². The summed E-state index contributed by atoms with van der Waals surface area (Å²) < 4.78 is 7.15. The van der Waals surface area contributed by atoms with Gasteiger partial charge in [-0.15, -0.1) is 5.10 Å². The van der Waals surface area contributed by atoms with Crippen LogP contribution in [0.2, 0.25) is 0 Å². The van der Waals surface area contributed by atoms with Crippen LogP contribution >= 0.6 is 0 Å². The molecule has 0 saturated carbocycles. The minimum Gasteiger partial charge on any atom is -0.401 e. The van der Waals surface area contributed by atoms with Gasteiger partial charge in [-0.25, -0.2) is 0 Å². The highest BCUT2D eigenvalue weighted by molar-refractivity contribution is 6.04. The summed E-state index contributed by atoms with van der Waals surface area (Å²) in [5.41, 5.74) is 0.759. The lowest BCUT2D eigenvalue weighted by Crippen LogP contribution is -2.14. The third kappa shape index (κ3) is 3.29. The molecule has 2 heterocycles. The fraction of sp³-hybridized carbons (Fsp3) is 0.250. The standard InChI is InChI=1S/C16H16N6O4/c1-9(2)21-8-7-12(20-21)15-18-19-16(26-15)17-14(23)11-5-4-6-13(10(11)3)22(24)25/h4-9H,1-3H3,(H,17,19,23). The first-order chi connectivity index (χ1) is 12.4. The molecule has 1 aromatic carbocycles. The van der Waals surface area contributed by atoms with Crippen molar-refractivity contribution < 1.29 is 14.1 Å². The molecule has 2 aromatic heterocycles. The van der Waals surface area contributed by atoms with Crippen molar-refractivity contribution in [1.82, 2.24) is 20.0 Å². The van der Waals surface area contributed by atoms with E-state index in [0.717, 1.165) is 0 Å². The van der Waals surface area contributed by atoms with E-state index in [4.69, 9.17) is 4.42 Å². The van der Waals surface area contributed by atoms with Crippen LogP contribution in [0.15, 0.2) is 34.9 Å². The van der Waals surface area contributed by atoms with Crippen molar-refractivity contribution in [3.8, 4) is 11.6 Å². The van der Waals surface area contributed by atoms with E-state index in [0.29, 0.717) is 5.69 Å². The van der Waals surface area contributed by atoms with Gasteiger partial charge in [0.25, 0.3) is 17.5 Å². The summed E-state index contributed by atoms with van der Waals surface area (Å²) in [6.07, 6.45) is 1.79. The Balaban J connectivity index is 1.80. The number of carbonyl (C=O) groups is 1. The van der Waals surface area contributed by atoms with E-state index in [9.17, 15) is 14.9 Å². The number of nitro groups is 1. The summed E-state index contributed by atoms with van der Waals surface area (Å²) in [5, 5.41) is 25.4. The van der Waals surface area contributed by atoms with Gasteiger partial charge in [0.05, 0.1) is 4.92 Å². The summed E-state index contributed by atoms with van der Waals surface area (Å²) in [6, 6.07) is 6.06. The monoisotopic (exact) mass is 356 g/mol. The maximum absolute atomic E-state index is 12.4. The van der Waals surface area contributed by atoms with E-state index in [2.05, 4.69) is 20.6 Å². The molecule has 0 fully saturated rings. The average Bonchev–Trinajstić information content (AvgIpc) is 3.23. The lowest BCUT2D eigenvalue weighted by Gasteiger charge is -2.04. The molecule has 1 amide bonds. The van der Waals surface area contributed by atoms with Gasteiger partial charge in [0.2, 0.25) is 0 Å². The predicted octanol–water partition coefficient (Wildman–Crippen LogP) is 2.98. The van der Waals surface area contributed by atoms with Gasteiger partial charge in [-0.3, -0.25) is 24.9 Å². The van der Waals surface area contributed by atoms with Crippen LogP contribution in [0.4, 0.5) is 11.7 Å². The third-order valence-corrected chi connectivity index (χ3v) is 3.75. The van der Waals surface area contributed by atoms with Crippen molar-refractivity contribution in [2.24, 2.45) is 0 Å². The van der Waals surface area contributed by atoms with E-state index in [1.165, 1.54) is 25.1 Å². The minimum atomic E-state index is -0.575. The molecule has 3 rings (SSSR count). The van der Waals surface area contributed by atoms with Gasteiger partial charge in [-0.1, -0.05) is 11.2 Å². The van der Waals surface area contributed by atoms with Crippen molar-refractivity contribution in [3.05, 3.63) is 51.7 Å². The number of benzene rings is 1. The van der Waals surface area contributed by atoms with Crippen LogP contribution in [-0.4, -0.2) is 30.8 Å². The summed E-state index contributed by atoms with van der Waals surface area (Å²) in [5.74, 6) is -0.412. The number of nitrogens with one attached hydrogen (secondary N) is 1. The molecule has 10 nitrogen and oxygen atoms in total. The predicted molar refractivity (Wildman–Crippen MR) is 91.7 cm³/mol. The molecule has 0 aliphatic carbocycles. The Morgan fingerprint density at radius 2 is 2.08 bits per heavy atom. The van der Waals surface area contributed by atoms with Crippen LogP contribution in [0.5, 0.6) is 0 Å². The average molecular weight is 356 g/mol. The second-order valence-corrected chi connectivity index (χ2v) is 5.85. The van der Waals surface area contributed by atoms with Crippen molar-refractivity contribution in [2.45, 2.75) is 26.8 Å². The number of carbonyl (C=O) groups excluding carboxylic acids is 1. The number of aromatic nitrogens is 4. The number of hydrogen-bond acceptors (Lipinski definition) is 7. The Bertz CT molecular complexity index is 975. The molecule has 0 unspecified atom stereocenters. The third-order valence-electron chi connectivity index (χ3n) is 3.75. The fourth-order valence-corrected chi connectivity index (χ4v) is 2.35. The van der Waals surface area contributed by atoms with E-state index < -0.39 is 10.8 Å². The first kappa shape index (κ1) is 17.3. The molecule has 0 bridgehead atoms. The number of anilines is 1. The number of nitro benzene ring substituents is 1. The van der Waals surface area contributed by atoms with Crippen LogP contribution < -0.4 is 5.32 Å². The molecule has 0 aliphatic heterocycles. The molecule has 0 atom stereocenters. The highest BCUT2D eigenvalue weighted by Crippen LogP contribution is 2.23. The summed E-state index contributed by atoms with van der Waals surface area (Å²) >= 11 is 0. The molecule has 10 heteroatoms. The van der Waals surface area contributed by atoms with Crippen LogP contribution in [-0.2, 0) is 0 Å². The van der Waals surface area contributed by atoms with Crippen LogP contribution in [0.25, 0.3) is 11.6 Å². The smallest absolute Gasteiger partial charge is 0.322 e. The van der Waals surface area contributed by atoms with Gasteiger partial charge >= 0.3 is 6.01 Å². The Morgan fingerprint density at radius 1 is 1.31 bits per heavy atom. The van der Waals surface area contributed by atoms with Gasteiger partial charge in [0, 0.05) is 29.4 Å². The molecular formula is C16H16N6O4. The van der Waals surface area contributed by atoms with Gasteiger partial charge in [0.1, 0.15) is 5.69 Å². The SMILES string of the molecule is Cc1c(C(=O)Nc2nnc(-c3ccn(C(C)C)n3)o2)cccc1[N+](=O)[O-]. The normalized spacial score (nSPS) is 10.9. The maximum atomic E-state index is 12.4. The number of rotatable bonds is 5. The first-order valence-corrected chi connectivity index (χ1v) is 7.81. The molecule has 0 radical (unpaired) electrons. The Labute approximate surface area is 148 Å². The van der Waals surface area contributed by atoms with Gasteiger partial charge in [-0.2, -0.15) is 5.10 Å². The van der Waals surface area contributed by atoms with Crippen LogP contribution in [0.3, 0.4) is 0 Å². The Hall–Kier alpha value is -3.56. The second kappa shape index (κ2) is 6.75. The fourth-order valence-electron chi connectivity index (χ4n) is 2.35. The second-order valence-electron chi connectivity index (χ2n) is 5.85. The Kier molecular flexibility index (Phi) is 4.48. The minimum absolute atomic E-state index is 0.116. The van der Waals surface area contributed by atoms with E-state index in [-0.39, 0.29) is 34.8 Å². The van der Waals surface area contributed by atoms with Crippen molar-refractivity contribution in [2.75, 3.05) is 5.32 Å². The van der Waals surface area contributed by atoms with Crippen molar-refractivity contribution >= 4 is 17.6 Å². The van der Waals surface area contributed by atoms with E-state index in [1.807, 2.05) is 13.8 Å². The lowest BCUT2D eigenvalue weighted by molar-refractivity contribution is -0.385. The van der Waals surface area contributed by atoms with E-state index >= 15 is 0 Å². The highest BCUT2D eigenvalue weighted by atomic mass is 16.6. The van der Waals surface area contributed by atoms with Crippen LogP contribution in [0, 0.1) is 17.0 Å². The number of nitrogens with zero attached hydrogens (tertiary/aromatic N) is 5. The summed E-state index contributed by atoms with van der Waals surface area (Å²) in [4.78, 5) is 22.8. The van der Waals surface area contributed by atoms with Gasteiger partial charge in [0.15, 0.2) is 0 Å². The zero-order valence-electron chi connectivity index (χ0n) is 14.3. The first-order valence-electron chi connectivity index (χ1n) is 7.81. The molecule has 0 aliphatic rings. The number of amides is 1.